The van der Waals surface area contributed by atoms with E-state index in [-0.39, 0.29) is 46.6 Å². The number of nitrogens with one attached hydrogen (secondary N) is 2. The minimum absolute atomic E-state index is 0.000758. The molecule has 5 aromatic rings. The maximum Gasteiger partial charge on any atom is 0.335 e. The largest absolute Gasteiger partial charge is 0.478 e. The Morgan fingerprint density at radius 3 is 2.65 bits per heavy atom. The standard InChI is InChI=1S/C32H28N8O6/c1-15-19-6-7-22(21(19)5-4-20(15)32(45)46)37-30(43)23-11-24(40-25(36-23)13-35-38-40)31(44)34-12-16-2-3-17-8-9-39(14-18(17)10-16)27-26(33)28(41)29(27)42/h2-5,10-11,13,22H,6-9,12,14,33H2,1H3,(H,34,44)(H,37,43)(H,45,46)/t22-/m0/s1. The number of anilines is 2. The van der Waals surface area contributed by atoms with Crippen molar-refractivity contribution in [2.45, 2.75) is 45.3 Å². The molecule has 0 radical (unpaired) electrons. The van der Waals surface area contributed by atoms with E-state index in [2.05, 4.69) is 25.9 Å². The first-order chi connectivity index (χ1) is 22.1. The highest BCUT2D eigenvalue weighted by molar-refractivity contribution is 5.98. The Labute approximate surface area is 260 Å². The van der Waals surface area contributed by atoms with Crippen LogP contribution in [0.25, 0.3) is 5.65 Å². The number of fused-ring (bicyclic) bond motifs is 3. The van der Waals surface area contributed by atoms with Crippen LogP contribution in [0, 0.1) is 6.92 Å². The highest BCUT2D eigenvalue weighted by atomic mass is 16.4. The van der Waals surface area contributed by atoms with Gasteiger partial charge in [0, 0.05) is 25.7 Å². The number of carbonyl (C=O) groups is 3. The number of carbonyl (C=O) groups excluding carboxylic acids is 2. The molecule has 3 aromatic carbocycles. The summed E-state index contributed by atoms with van der Waals surface area (Å²) in [6.45, 7) is 2.93. The molecule has 1 atom stereocenters. The van der Waals surface area contributed by atoms with Gasteiger partial charge in [0.15, 0.2) is 5.65 Å². The van der Waals surface area contributed by atoms with E-state index in [4.69, 9.17) is 5.73 Å². The Bertz CT molecular complexity index is 2180. The van der Waals surface area contributed by atoms with Gasteiger partial charge in [-0.2, -0.15) is 4.52 Å². The molecule has 0 spiro atoms. The number of nitrogens with zero attached hydrogens (tertiary/aromatic N) is 5. The second kappa shape index (κ2) is 10.9. The lowest BCUT2D eigenvalue weighted by Gasteiger charge is -2.32. The summed E-state index contributed by atoms with van der Waals surface area (Å²) in [5.74, 6) is -1.98. The van der Waals surface area contributed by atoms with Crippen LogP contribution in [0.1, 0.15) is 77.2 Å². The van der Waals surface area contributed by atoms with Gasteiger partial charge in [0.05, 0.1) is 17.8 Å². The second-order valence-electron chi connectivity index (χ2n) is 11.6. The van der Waals surface area contributed by atoms with Crippen LogP contribution in [0.5, 0.6) is 0 Å². The number of aromatic nitrogens is 4. The van der Waals surface area contributed by atoms with Crippen molar-refractivity contribution in [2.24, 2.45) is 0 Å². The SMILES string of the molecule is Cc1c(C(=O)O)ccc2c1CC[C@@H]2NC(=O)c1cc(C(=O)NCc2ccc3c(c2)CN(c2c(N)c(=O)c2=O)CC3)n2nncc2n1. The quantitative estimate of drug-likeness (QED) is 0.191. The molecule has 2 amide bonds. The average molecular weight is 621 g/mol. The zero-order valence-electron chi connectivity index (χ0n) is 24.7. The summed E-state index contributed by atoms with van der Waals surface area (Å²) in [4.78, 5) is 68.2. The number of nitrogens with two attached hydrogens (primary N) is 1. The van der Waals surface area contributed by atoms with Crippen molar-refractivity contribution in [3.63, 3.8) is 0 Å². The summed E-state index contributed by atoms with van der Waals surface area (Å²) < 4.78 is 1.26. The predicted molar refractivity (Wildman–Crippen MR) is 166 cm³/mol. The van der Waals surface area contributed by atoms with Crippen molar-refractivity contribution in [3.05, 3.63) is 113 Å². The van der Waals surface area contributed by atoms with Crippen LogP contribution < -0.4 is 32.1 Å². The van der Waals surface area contributed by atoms with Gasteiger partial charge in [-0.05, 0) is 65.6 Å². The molecule has 3 heterocycles. The maximum atomic E-state index is 13.4. The smallest absolute Gasteiger partial charge is 0.335 e. The number of rotatable bonds is 7. The monoisotopic (exact) mass is 620 g/mol. The van der Waals surface area contributed by atoms with Crippen molar-refractivity contribution < 1.29 is 19.5 Å². The normalized spacial score (nSPS) is 15.5. The van der Waals surface area contributed by atoms with Gasteiger partial charge in [-0.25, -0.2) is 9.78 Å². The molecule has 1 aliphatic carbocycles. The van der Waals surface area contributed by atoms with Gasteiger partial charge >= 0.3 is 5.97 Å². The molecule has 0 saturated heterocycles. The number of aromatic carboxylic acids is 1. The van der Waals surface area contributed by atoms with E-state index in [1.54, 1.807) is 19.1 Å². The second-order valence-corrected chi connectivity index (χ2v) is 11.6. The van der Waals surface area contributed by atoms with Gasteiger partial charge in [-0.1, -0.05) is 29.5 Å². The van der Waals surface area contributed by atoms with Gasteiger partial charge in [0.25, 0.3) is 22.7 Å². The molecule has 0 fully saturated rings. The molecule has 14 heteroatoms. The fourth-order valence-electron chi connectivity index (χ4n) is 6.49. The molecule has 2 aromatic heterocycles. The van der Waals surface area contributed by atoms with Gasteiger partial charge in [0.1, 0.15) is 22.8 Å². The number of nitrogen functional groups attached to an aromatic ring is 1. The first-order valence-electron chi connectivity index (χ1n) is 14.7. The number of carboxylic acids is 1. The fraction of sp³-hybridized carbons (Fsp3) is 0.250. The van der Waals surface area contributed by atoms with Crippen LogP contribution in [0.3, 0.4) is 0 Å². The molecular formula is C32H28N8O6. The van der Waals surface area contributed by atoms with Crippen LogP contribution in [0.4, 0.5) is 11.4 Å². The predicted octanol–water partition coefficient (Wildman–Crippen LogP) is 1.22. The Balaban J connectivity index is 1.07. The summed E-state index contributed by atoms with van der Waals surface area (Å²) in [5, 5.41) is 23.1. The summed E-state index contributed by atoms with van der Waals surface area (Å²) >= 11 is 0. The van der Waals surface area contributed by atoms with E-state index in [9.17, 15) is 29.1 Å². The Kier molecular flexibility index (Phi) is 6.84. The summed E-state index contributed by atoms with van der Waals surface area (Å²) in [5.41, 5.74) is 10.7. The van der Waals surface area contributed by atoms with E-state index in [1.165, 1.54) is 16.8 Å². The Morgan fingerprint density at radius 1 is 1.04 bits per heavy atom. The number of carboxylic acid groups (broad SMARTS) is 1. The van der Waals surface area contributed by atoms with Crippen molar-refractivity contribution in [3.8, 4) is 0 Å². The molecule has 2 aliphatic rings. The van der Waals surface area contributed by atoms with Crippen molar-refractivity contribution in [2.75, 3.05) is 17.2 Å². The first kappa shape index (κ1) is 28.8. The van der Waals surface area contributed by atoms with Crippen LogP contribution in [-0.4, -0.2) is 49.2 Å². The fourth-order valence-corrected chi connectivity index (χ4v) is 6.49. The lowest BCUT2D eigenvalue weighted by Crippen LogP contribution is -2.44. The van der Waals surface area contributed by atoms with E-state index in [0.29, 0.717) is 37.9 Å². The van der Waals surface area contributed by atoms with Crippen LogP contribution >= 0.6 is 0 Å². The molecule has 1 aliphatic heterocycles. The summed E-state index contributed by atoms with van der Waals surface area (Å²) in [7, 11) is 0. The summed E-state index contributed by atoms with van der Waals surface area (Å²) in [6.07, 6.45) is 3.27. The van der Waals surface area contributed by atoms with Crippen molar-refractivity contribution in [1.29, 1.82) is 0 Å². The Morgan fingerprint density at radius 2 is 1.87 bits per heavy atom. The molecule has 46 heavy (non-hydrogen) atoms. The van der Waals surface area contributed by atoms with Gasteiger partial charge in [-0.3, -0.25) is 19.2 Å². The molecule has 5 N–H and O–H groups in total. The Hall–Kier alpha value is -5.92. The minimum atomic E-state index is -0.993. The minimum Gasteiger partial charge on any atom is -0.478 e. The third kappa shape index (κ3) is 4.74. The number of amides is 2. The van der Waals surface area contributed by atoms with E-state index < -0.39 is 28.6 Å². The molecule has 7 rings (SSSR count). The van der Waals surface area contributed by atoms with Gasteiger partial charge < -0.3 is 26.4 Å². The molecule has 14 nitrogen and oxygen atoms in total. The molecule has 232 valence electrons. The first-order valence-corrected chi connectivity index (χ1v) is 14.7. The topological polar surface area (TPSA) is 202 Å². The van der Waals surface area contributed by atoms with Crippen LogP contribution in [-0.2, 0) is 25.9 Å². The molecule has 0 bridgehead atoms. The van der Waals surface area contributed by atoms with Gasteiger partial charge in [0.2, 0.25) is 0 Å². The summed E-state index contributed by atoms with van der Waals surface area (Å²) in [6, 6.07) is 10.2. The third-order valence-electron chi connectivity index (χ3n) is 8.94. The lowest BCUT2D eigenvalue weighted by atomic mass is 9.96. The average Bonchev–Trinajstić information content (AvgIpc) is 3.70. The highest BCUT2D eigenvalue weighted by Crippen LogP contribution is 2.35. The lowest BCUT2D eigenvalue weighted by molar-refractivity contribution is 0.0695. The van der Waals surface area contributed by atoms with Crippen LogP contribution in [0.15, 0.2) is 52.2 Å². The van der Waals surface area contributed by atoms with Crippen molar-refractivity contribution in [1.82, 2.24) is 30.4 Å². The molecule has 0 saturated carbocycles. The van der Waals surface area contributed by atoms with Crippen molar-refractivity contribution >= 4 is 34.8 Å². The number of benzene rings is 2. The number of hydrogen-bond donors (Lipinski definition) is 4. The van der Waals surface area contributed by atoms with E-state index >= 15 is 0 Å². The van der Waals surface area contributed by atoms with E-state index in [0.717, 1.165) is 27.8 Å². The zero-order chi connectivity index (χ0) is 32.3. The zero-order valence-corrected chi connectivity index (χ0v) is 24.7. The van der Waals surface area contributed by atoms with Gasteiger partial charge in [-0.15, -0.1) is 5.10 Å². The number of hydrogen-bond acceptors (Lipinski definition) is 10. The maximum absolute atomic E-state index is 13.4. The highest BCUT2D eigenvalue weighted by Gasteiger charge is 2.29. The van der Waals surface area contributed by atoms with E-state index in [1.807, 2.05) is 23.1 Å². The molecule has 0 unspecified atom stereocenters. The molecular weight excluding hydrogens is 592 g/mol. The van der Waals surface area contributed by atoms with Crippen LogP contribution in [0.2, 0.25) is 0 Å². The third-order valence-corrected chi connectivity index (χ3v) is 8.94.